The van der Waals surface area contributed by atoms with Gasteiger partial charge in [0.2, 0.25) is 0 Å². The van der Waals surface area contributed by atoms with E-state index >= 15 is 0 Å². The largest absolute Gasteiger partial charge is 0.378 e. The van der Waals surface area contributed by atoms with Crippen LogP contribution in [0.4, 0.5) is 5.69 Å². The number of aromatic nitrogens is 3. The molecule has 19 heavy (non-hydrogen) atoms. The van der Waals surface area contributed by atoms with Crippen LogP contribution in [0.1, 0.15) is 16.3 Å². The van der Waals surface area contributed by atoms with Gasteiger partial charge in [-0.3, -0.25) is 4.40 Å². The second-order valence-electron chi connectivity index (χ2n) is 4.36. The molecule has 3 rings (SSSR count). The molecule has 0 atom stereocenters. The first-order valence-electron chi connectivity index (χ1n) is 5.93. The zero-order chi connectivity index (χ0) is 13.4. The number of nitrogens with one attached hydrogen (secondary N) is 1. The molecule has 0 fully saturated rings. The summed E-state index contributed by atoms with van der Waals surface area (Å²) in [7, 11) is 0. The molecule has 0 aliphatic carbocycles. The van der Waals surface area contributed by atoms with Crippen LogP contribution < -0.4 is 5.32 Å². The summed E-state index contributed by atoms with van der Waals surface area (Å²) in [4.78, 5) is 11.1. The summed E-state index contributed by atoms with van der Waals surface area (Å²) in [5.74, 6) is 0. The zero-order valence-electron chi connectivity index (χ0n) is 10.6. The molecular weight excluding hydrogens is 324 g/mol. The van der Waals surface area contributed by atoms with E-state index in [1.807, 2.05) is 25.3 Å². The fourth-order valence-electron chi connectivity index (χ4n) is 1.99. The number of aryl methyl sites for hydroxylation is 2. The fourth-order valence-corrected chi connectivity index (χ4v) is 3.11. The van der Waals surface area contributed by atoms with E-state index in [1.165, 1.54) is 10.6 Å². The number of nitrogens with zero attached hydrogens (tertiary/aromatic N) is 3. The lowest BCUT2D eigenvalue weighted by atomic mass is 10.3. The molecule has 3 aromatic heterocycles. The monoisotopic (exact) mass is 336 g/mol. The Hall–Kier alpha value is -1.40. The van der Waals surface area contributed by atoms with Gasteiger partial charge in [0.25, 0.3) is 0 Å². The van der Waals surface area contributed by atoms with Crippen molar-refractivity contribution in [3.8, 4) is 0 Å². The molecule has 98 valence electrons. The van der Waals surface area contributed by atoms with E-state index in [4.69, 9.17) is 0 Å². The molecule has 1 N–H and O–H groups in total. The van der Waals surface area contributed by atoms with Crippen molar-refractivity contribution in [2.24, 2.45) is 0 Å². The molecule has 0 saturated heterocycles. The van der Waals surface area contributed by atoms with E-state index in [1.54, 1.807) is 11.3 Å². The quantitative estimate of drug-likeness (QED) is 0.740. The van der Waals surface area contributed by atoms with Crippen LogP contribution in [0.15, 0.2) is 29.1 Å². The zero-order valence-corrected chi connectivity index (χ0v) is 13.0. The van der Waals surface area contributed by atoms with E-state index in [-0.39, 0.29) is 0 Å². The molecule has 0 radical (unpaired) electrons. The smallest absolute Gasteiger partial charge is 0.194 e. The Bertz CT molecular complexity index is 714. The lowest BCUT2D eigenvalue weighted by Gasteiger charge is -2.06. The van der Waals surface area contributed by atoms with Crippen molar-refractivity contribution < 1.29 is 0 Å². The van der Waals surface area contributed by atoms with Crippen molar-refractivity contribution in [2.45, 2.75) is 20.4 Å². The fraction of sp³-hybridized carbons (Fsp3) is 0.231. The van der Waals surface area contributed by atoms with Crippen molar-refractivity contribution in [1.29, 1.82) is 0 Å². The Kier molecular flexibility index (Phi) is 3.28. The summed E-state index contributed by atoms with van der Waals surface area (Å²) in [5.41, 5.74) is 3.27. The van der Waals surface area contributed by atoms with Crippen molar-refractivity contribution in [2.75, 3.05) is 5.32 Å². The standard InChI is InChI=1S/C13H13BrN4S/c1-8-7-18-11(9(2)17-13(18)19-8)6-15-10-3-4-12(14)16-5-10/h3-5,7,15H,6H2,1-2H3. The summed E-state index contributed by atoms with van der Waals surface area (Å²) < 4.78 is 3.00. The number of hydrogen-bond acceptors (Lipinski definition) is 4. The summed E-state index contributed by atoms with van der Waals surface area (Å²) in [6.45, 7) is 4.89. The van der Waals surface area contributed by atoms with Crippen molar-refractivity contribution >= 4 is 37.9 Å². The molecule has 0 aliphatic rings. The minimum atomic E-state index is 0.743. The number of thiazole rings is 1. The Morgan fingerprint density at radius 3 is 2.95 bits per heavy atom. The first kappa shape index (κ1) is 12.6. The normalized spacial score (nSPS) is 11.1. The first-order chi connectivity index (χ1) is 9.13. The maximum Gasteiger partial charge on any atom is 0.194 e. The highest BCUT2D eigenvalue weighted by Crippen LogP contribution is 2.21. The van der Waals surface area contributed by atoms with Crippen LogP contribution in [0.25, 0.3) is 4.96 Å². The maximum atomic E-state index is 4.58. The van der Waals surface area contributed by atoms with Gasteiger partial charge in [-0.1, -0.05) is 0 Å². The van der Waals surface area contributed by atoms with Crippen LogP contribution >= 0.6 is 27.3 Å². The molecule has 0 aromatic carbocycles. The molecule has 6 heteroatoms. The topological polar surface area (TPSA) is 42.2 Å². The number of hydrogen-bond donors (Lipinski definition) is 1. The highest BCUT2D eigenvalue weighted by molar-refractivity contribution is 9.10. The molecule has 3 aromatic rings. The Morgan fingerprint density at radius 1 is 1.37 bits per heavy atom. The van der Waals surface area contributed by atoms with Gasteiger partial charge in [0.05, 0.1) is 29.8 Å². The number of halogens is 1. The Morgan fingerprint density at radius 2 is 2.21 bits per heavy atom. The van der Waals surface area contributed by atoms with E-state index in [2.05, 4.69) is 48.7 Å². The van der Waals surface area contributed by atoms with E-state index < -0.39 is 0 Å². The predicted octanol–water partition coefficient (Wildman–Crippen LogP) is 3.78. The lowest BCUT2D eigenvalue weighted by molar-refractivity contribution is 0.989. The van der Waals surface area contributed by atoms with Gasteiger partial charge in [0.1, 0.15) is 4.60 Å². The van der Waals surface area contributed by atoms with Crippen LogP contribution in [0.5, 0.6) is 0 Å². The van der Waals surface area contributed by atoms with Crippen molar-refractivity contribution in [1.82, 2.24) is 14.4 Å². The molecule has 0 spiro atoms. The summed E-state index contributed by atoms with van der Waals surface area (Å²) >= 11 is 5.05. The average molecular weight is 337 g/mol. The van der Waals surface area contributed by atoms with Crippen molar-refractivity contribution in [3.05, 3.63) is 45.4 Å². The SMILES string of the molecule is Cc1cn2c(CNc3ccc(Br)nc3)c(C)nc2s1. The lowest BCUT2D eigenvalue weighted by Crippen LogP contribution is -2.03. The van der Waals surface area contributed by atoms with Crippen molar-refractivity contribution in [3.63, 3.8) is 0 Å². The second kappa shape index (κ2) is 4.94. The van der Waals surface area contributed by atoms with Gasteiger partial charge in [-0.05, 0) is 41.9 Å². The molecule has 0 amide bonds. The van der Waals surface area contributed by atoms with Crippen LogP contribution in [-0.2, 0) is 6.54 Å². The minimum absolute atomic E-state index is 0.743. The van der Waals surface area contributed by atoms with Crippen LogP contribution in [0.2, 0.25) is 0 Å². The molecule has 0 bridgehead atoms. The summed E-state index contributed by atoms with van der Waals surface area (Å²) in [6.07, 6.45) is 3.95. The molecule has 4 nitrogen and oxygen atoms in total. The molecule has 0 unspecified atom stereocenters. The summed E-state index contributed by atoms with van der Waals surface area (Å²) in [5, 5.41) is 3.38. The Labute approximate surface area is 123 Å². The third-order valence-corrected chi connectivity index (χ3v) is 4.30. The van der Waals surface area contributed by atoms with Crippen LogP contribution in [-0.4, -0.2) is 14.4 Å². The van der Waals surface area contributed by atoms with Crippen LogP contribution in [0, 0.1) is 13.8 Å². The van der Waals surface area contributed by atoms with Gasteiger partial charge >= 0.3 is 0 Å². The average Bonchev–Trinajstić information content (AvgIpc) is 2.85. The molecule has 3 heterocycles. The third kappa shape index (κ3) is 2.50. The molecule has 0 saturated carbocycles. The van der Waals surface area contributed by atoms with Crippen LogP contribution in [0.3, 0.4) is 0 Å². The van der Waals surface area contributed by atoms with Gasteiger partial charge in [0, 0.05) is 11.1 Å². The predicted molar refractivity (Wildman–Crippen MR) is 81.8 cm³/mol. The van der Waals surface area contributed by atoms with E-state index in [0.29, 0.717) is 0 Å². The Balaban J connectivity index is 1.84. The van der Waals surface area contributed by atoms with Gasteiger partial charge in [-0.2, -0.15) is 0 Å². The minimum Gasteiger partial charge on any atom is -0.378 e. The first-order valence-corrected chi connectivity index (χ1v) is 7.54. The van der Waals surface area contributed by atoms with E-state index in [0.717, 1.165) is 27.5 Å². The number of pyridine rings is 1. The van der Waals surface area contributed by atoms with Gasteiger partial charge in [-0.15, -0.1) is 11.3 Å². The summed E-state index contributed by atoms with van der Waals surface area (Å²) in [6, 6.07) is 3.93. The molecule has 0 aliphatic heterocycles. The van der Waals surface area contributed by atoms with Gasteiger partial charge in [0.15, 0.2) is 4.96 Å². The number of rotatable bonds is 3. The van der Waals surface area contributed by atoms with Gasteiger partial charge in [-0.25, -0.2) is 9.97 Å². The third-order valence-electron chi connectivity index (χ3n) is 2.93. The second-order valence-corrected chi connectivity index (χ2v) is 6.39. The number of fused-ring (bicyclic) bond motifs is 1. The number of anilines is 1. The van der Waals surface area contributed by atoms with Gasteiger partial charge < -0.3 is 5.32 Å². The molecular formula is C13H13BrN4S. The highest BCUT2D eigenvalue weighted by atomic mass is 79.9. The number of imidazole rings is 1. The van der Waals surface area contributed by atoms with E-state index in [9.17, 15) is 0 Å². The highest BCUT2D eigenvalue weighted by Gasteiger charge is 2.10. The maximum absolute atomic E-state index is 4.58.